The molecule has 0 spiro atoms. The molecule has 1 aromatic rings. The molecule has 0 aliphatic rings. The van der Waals surface area contributed by atoms with E-state index < -0.39 is 46.3 Å². The molecule has 0 aliphatic heterocycles. The fourth-order valence-electron chi connectivity index (χ4n) is 1.51. The first-order valence-corrected chi connectivity index (χ1v) is 5.73. The largest absolute Gasteiger partial charge is 0.487 e. The van der Waals surface area contributed by atoms with Crippen LogP contribution in [0, 0.1) is 24.4 Å². The summed E-state index contributed by atoms with van der Waals surface area (Å²) in [6.07, 6.45) is -0.479. The summed E-state index contributed by atoms with van der Waals surface area (Å²) in [5, 5.41) is 0. The number of nitrogens with zero attached hydrogens (tertiary/aromatic N) is 1. The number of carbonyl (C=O) groups is 1. The highest BCUT2D eigenvalue weighted by molar-refractivity contribution is 5.97. The van der Waals surface area contributed by atoms with Crippen molar-refractivity contribution in [3.63, 3.8) is 0 Å². The molecule has 0 fully saturated rings. The van der Waals surface area contributed by atoms with Gasteiger partial charge in [0.2, 0.25) is 0 Å². The minimum Gasteiger partial charge on any atom is -0.487 e. The number of hydrogen-bond donors (Lipinski definition) is 0. The van der Waals surface area contributed by atoms with Crippen molar-refractivity contribution in [3.05, 3.63) is 28.6 Å². The Hall–Kier alpha value is -1.72. The Kier molecular flexibility index (Phi) is 4.44. The van der Waals surface area contributed by atoms with Crippen molar-refractivity contribution in [2.24, 2.45) is 0 Å². The summed E-state index contributed by atoms with van der Waals surface area (Å²) in [6, 6.07) is 0. The monoisotopic (exact) mass is 275 g/mol. The van der Waals surface area contributed by atoms with E-state index in [4.69, 9.17) is 4.74 Å². The van der Waals surface area contributed by atoms with Gasteiger partial charge in [0.1, 0.15) is 5.56 Å². The van der Waals surface area contributed by atoms with E-state index in [-0.39, 0.29) is 0 Å². The fraction of sp³-hybridized carbons (Fsp3) is 0.462. The van der Waals surface area contributed by atoms with Crippen molar-refractivity contribution >= 4 is 5.91 Å². The van der Waals surface area contributed by atoms with Crippen LogP contribution in [0.5, 0.6) is 5.75 Å². The van der Waals surface area contributed by atoms with E-state index in [9.17, 15) is 18.0 Å². The summed E-state index contributed by atoms with van der Waals surface area (Å²) in [6.45, 7) is 4.28. The molecule has 3 nitrogen and oxygen atoms in total. The van der Waals surface area contributed by atoms with E-state index in [1.807, 2.05) is 0 Å². The first-order valence-electron chi connectivity index (χ1n) is 5.73. The maximum absolute atomic E-state index is 14.0. The molecule has 0 N–H and O–H groups in total. The van der Waals surface area contributed by atoms with Gasteiger partial charge >= 0.3 is 0 Å². The summed E-state index contributed by atoms with van der Waals surface area (Å²) in [4.78, 5) is 12.9. The Morgan fingerprint density at radius 3 is 2.05 bits per heavy atom. The van der Waals surface area contributed by atoms with Gasteiger partial charge in [-0.05, 0) is 20.8 Å². The highest BCUT2D eigenvalue weighted by Gasteiger charge is 2.29. The van der Waals surface area contributed by atoms with Gasteiger partial charge in [0.15, 0.2) is 23.2 Å². The molecule has 0 unspecified atom stereocenters. The molecule has 19 heavy (non-hydrogen) atoms. The van der Waals surface area contributed by atoms with Gasteiger partial charge in [-0.25, -0.2) is 13.2 Å². The van der Waals surface area contributed by atoms with Crippen molar-refractivity contribution in [2.45, 2.75) is 26.9 Å². The molecule has 1 aromatic carbocycles. The van der Waals surface area contributed by atoms with Gasteiger partial charge in [0.05, 0.1) is 6.10 Å². The fourth-order valence-corrected chi connectivity index (χ4v) is 1.51. The highest BCUT2D eigenvalue weighted by atomic mass is 19.2. The Bertz CT molecular complexity index is 513. The van der Waals surface area contributed by atoms with E-state index in [1.54, 1.807) is 13.8 Å². The molecule has 0 saturated heterocycles. The van der Waals surface area contributed by atoms with Crippen molar-refractivity contribution < 1.29 is 22.7 Å². The third kappa shape index (κ3) is 2.83. The van der Waals surface area contributed by atoms with Gasteiger partial charge < -0.3 is 9.64 Å². The van der Waals surface area contributed by atoms with Crippen molar-refractivity contribution in [1.29, 1.82) is 0 Å². The topological polar surface area (TPSA) is 29.5 Å². The molecule has 0 aliphatic carbocycles. The predicted molar refractivity (Wildman–Crippen MR) is 64.8 cm³/mol. The van der Waals surface area contributed by atoms with Gasteiger partial charge in [0.25, 0.3) is 5.91 Å². The van der Waals surface area contributed by atoms with E-state index in [1.165, 1.54) is 14.1 Å². The number of hydrogen-bond acceptors (Lipinski definition) is 2. The summed E-state index contributed by atoms with van der Waals surface area (Å²) < 4.78 is 46.6. The average molecular weight is 275 g/mol. The Labute approximate surface area is 110 Å². The summed E-state index contributed by atoms with van der Waals surface area (Å²) in [5.41, 5.74) is -1.23. The molecule has 0 heterocycles. The third-order valence-corrected chi connectivity index (χ3v) is 2.47. The van der Waals surface area contributed by atoms with Gasteiger partial charge in [-0.15, -0.1) is 0 Å². The zero-order valence-electron chi connectivity index (χ0n) is 11.5. The maximum Gasteiger partial charge on any atom is 0.260 e. The molecule has 0 aromatic heterocycles. The van der Waals surface area contributed by atoms with Crippen LogP contribution in [-0.2, 0) is 0 Å². The SMILES string of the molecule is Cc1c(F)c(F)c(C(=O)N(C)C)c(OC(C)C)c1F. The number of amides is 1. The number of halogens is 3. The first-order chi connectivity index (χ1) is 8.68. The first kappa shape index (κ1) is 15.3. The molecular weight excluding hydrogens is 259 g/mol. The number of rotatable bonds is 3. The molecule has 0 saturated carbocycles. The third-order valence-electron chi connectivity index (χ3n) is 2.47. The molecule has 106 valence electrons. The Balaban J connectivity index is 3.61. The van der Waals surface area contributed by atoms with Crippen molar-refractivity contribution in [1.82, 2.24) is 4.90 Å². The number of benzene rings is 1. The van der Waals surface area contributed by atoms with E-state index in [0.717, 1.165) is 11.8 Å². The second-order valence-electron chi connectivity index (χ2n) is 4.64. The lowest BCUT2D eigenvalue weighted by Crippen LogP contribution is -2.26. The summed E-state index contributed by atoms with van der Waals surface area (Å²) >= 11 is 0. The second-order valence-corrected chi connectivity index (χ2v) is 4.64. The smallest absolute Gasteiger partial charge is 0.260 e. The van der Waals surface area contributed by atoms with Crippen LogP contribution >= 0.6 is 0 Å². The molecule has 6 heteroatoms. The van der Waals surface area contributed by atoms with Crippen LogP contribution in [0.25, 0.3) is 0 Å². The molecule has 1 rings (SSSR count). The standard InChI is InChI=1S/C13H16F3NO2/c1-6(2)19-12-8(13(18)17(4)5)11(16)9(14)7(3)10(12)15/h6H,1-5H3. The Morgan fingerprint density at radius 1 is 1.11 bits per heavy atom. The zero-order valence-corrected chi connectivity index (χ0v) is 11.5. The number of ether oxygens (including phenoxy) is 1. The summed E-state index contributed by atoms with van der Waals surface area (Å²) in [5.74, 6) is -5.24. The van der Waals surface area contributed by atoms with Gasteiger partial charge in [0, 0.05) is 19.7 Å². The minimum absolute atomic E-state index is 0.479. The average Bonchev–Trinajstić information content (AvgIpc) is 2.32. The van der Waals surface area contributed by atoms with Crippen LogP contribution in [0.1, 0.15) is 29.8 Å². The van der Waals surface area contributed by atoms with Gasteiger partial charge in [-0.2, -0.15) is 0 Å². The van der Waals surface area contributed by atoms with Crippen LogP contribution in [0.2, 0.25) is 0 Å². The summed E-state index contributed by atoms with van der Waals surface area (Å²) in [7, 11) is 2.72. The van der Waals surface area contributed by atoms with E-state index in [0.29, 0.717) is 0 Å². The quantitative estimate of drug-likeness (QED) is 0.794. The normalized spacial score (nSPS) is 10.8. The predicted octanol–water partition coefficient (Wildman–Crippen LogP) is 2.90. The lowest BCUT2D eigenvalue weighted by molar-refractivity contribution is 0.0813. The van der Waals surface area contributed by atoms with Crippen LogP contribution in [0.4, 0.5) is 13.2 Å². The second kappa shape index (κ2) is 5.50. The van der Waals surface area contributed by atoms with Crippen molar-refractivity contribution in [2.75, 3.05) is 14.1 Å². The highest BCUT2D eigenvalue weighted by Crippen LogP contribution is 2.32. The molecular formula is C13H16F3NO2. The minimum atomic E-state index is -1.40. The molecule has 1 amide bonds. The van der Waals surface area contributed by atoms with E-state index in [2.05, 4.69) is 0 Å². The van der Waals surface area contributed by atoms with Crippen LogP contribution in [-0.4, -0.2) is 31.0 Å². The van der Waals surface area contributed by atoms with Gasteiger partial charge in [-0.1, -0.05) is 0 Å². The molecule has 0 atom stereocenters. The molecule has 0 bridgehead atoms. The molecule has 0 radical (unpaired) electrons. The lowest BCUT2D eigenvalue weighted by Gasteiger charge is -2.19. The maximum atomic E-state index is 14.0. The van der Waals surface area contributed by atoms with Crippen LogP contribution < -0.4 is 4.74 Å². The Morgan fingerprint density at radius 2 is 1.63 bits per heavy atom. The lowest BCUT2D eigenvalue weighted by atomic mass is 10.1. The van der Waals surface area contributed by atoms with Crippen molar-refractivity contribution in [3.8, 4) is 5.75 Å². The zero-order chi connectivity index (χ0) is 14.9. The van der Waals surface area contributed by atoms with Gasteiger partial charge in [-0.3, -0.25) is 4.79 Å². The van der Waals surface area contributed by atoms with Crippen LogP contribution in [0.3, 0.4) is 0 Å². The van der Waals surface area contributed by atoms with E-state index >= 15 is 0 Å². The number of carbonyl (C=O) groups excluding carboxylic acids is 1. The van der Waals surface area contributed by atoms with Crippen LogP contribution in [0.15, 0.2) is 0 Å².